The van der Waals surface area contributed by atoms with Crippen LogP contribution in [0, 0.1) is 0 Å². The van der Waals surface area contributed by atoms with Crippen LogP contribution in [0.15, 0.2) is 0 Å². The van der Waals surface area contributed by atoms with Crippen LogP contribution in [-0.2, 0) is 0 Å². The van der Waals surface area contributed by atoms with Gasteiger partial charge >= 0.3 is 0 Å². The van der Waals surface area contributed by atoms with E-state index in [1.54, 1.807) is 0 Å². The molecule has 1 aliphatic heterocycles. The second kappa shape index (κ2) is 2.76. The summed E-state index contributed by atoms with van der Waals surface area (Å²) in [5.41, 5.74) is 0.546. The van der Waals surface area contributed by atoms with Gasteiger partial charge in [-0.25, -0.2) is 0 Å². The van der Waals surface area contributed by atoms with E-state index in [2.05, 4.69) is 17.6 Å². The lowest BCUT2D eigenvalue weighted by Gasteiger charge is -2.31. The van der Waals surface area contributed by atoms with E-state index in [9.17, 15) is 0 Å². The van der Waals surface area contributed by atoms with E-state index in [0.717, 1.165) is 6.04 Å². The lowest BCUT2D eigenvalue weighted by atomic mass is 10.1. The van der Waals surface area contributed by atoms with E-state index >= 15 is 0 Å². The van der Waals surface area contributed by atoms with E-state index in [4.69, 9.17) is 0 Å². The standard InChI is InChI=1S/C9H18N2/c1-2-3-8-6-11-9(4-5-9)7-10-8/h8,10-11H,2-7H2,1H3. The van der Waals surface area contributed by atoms with Crippen molar-refractivity contribution >= 4 is 0 Å². The van der Waals surface area contributed by atoms with Crippen LogP contribution in [0.25, 0.3) is 0 Å². The minimum atomic E-state index is 0.546. The minimum Gasteiger partial charge on any atom is -0.311 e. The van der Waals surface area contributed by atoms with E-state index in [1.165, 1.54) is 38.8 Å². The first kappa shape index (κ1) is 7.56. The topological polar surface area (TPSA) is 24.1 Å². The van der Waals surface area contributed by atoms with Crippen LogP contribution >= 0.6 is 0 Å². The maximum atomic E-state index is 3.64. The van der Waals surface area contributed by atoms with Crippen LogP contribution < -0.4 is 10.6 Å². The minimum absolute atomic E-state index is 0.546. The fraction of sp³-hybridized carbons (Fsp3) is 1.00. The smallest absolute Gasteiger partial charge is 0.0308 e. The van der Waals surface area contributed by atoms with Crippen LogP contribution in [0.5, 0.6) is 0 Å². The van der Waals surface area contributed by atoms with Gasteiger partial charge in [0.05, 0.1) is 0 Å². The van der Waals surface area contributed by atoms with Gasteiger partial charge in [0.15, 0.2) is 0 Å². The Morgan fingerprint density at radius 2 is 2.27 bits per heavy atom. The average Bonchev–Trinajstić information content (AvgIpc) is 2.76. The van der Waals surface area contributed by atoms with Crippen molar-refractivity contribution in [2.75, 3.05) is 13.1 Å². The molecule has 0 aromatic carbocycles. The van der Waals surface area contributed by atoms with Crippen molar-refractivity contribution in [3.05, 3.63) is 0 Å². The summed E-state index contributed by atoms with van der Waals surface area (Å²) in [7, 11) is 0. The number of rotatable bonds is 2. The average molecular weight is 154 g/mol. The highest BCUT2D eigenvalue weighted by molar-refractivity contribution is 5.07. The summed E-state index contributed by atoms with van der Waals surface area (Å²) in [6, 6.07) is 0.742. The fourth-order valence-electron chi connectivity index (χ4n) is 1.87. The van der Waals surface area contributed by atoms with Crippen LogP contribution in [0.2, 0.25) is 0 Å². The van der Waals surface area contributed by atoms with Gasteiger partial charge in [-0.1, -0.05) is 13.3 Å². The second-order valence-electron chi connectivity index (χ2n) is 4.03. The fourth-order valence-corrected chi connectivity index (χ4v) is 1.87. The van der Waals surface area contributed by atoms with Crippen molar-refractivity contribution in [3.63, 3.8) is 0 Å². The third-order valence-electron chi connectivity index (χ3n) is 2.94. The largest absolute Gasteiger partial charge is 0.311 e. The van der Waals surface area contributed by atoms with E-state index in [1.807, 2.05) is 0 Å². The predicted octanol–water partition coefficient (Wildman–Crippen LogP) is 0.880. The normalized spacial score (nSPS) is 34.1. The summed E-state index contributed by atoms with van der Waals surface area (Å²) in [6.07, 6.45) is 5.40. The first-order valence-corrected chi connectivity index (χ1v) is 4.83. The molecule has 0 amide bonds. The molecule has 1 unspecified atom stereocenters. The third-order valence-corrected chi connectivity index (χ3v) is 2.94. The van der Waals surface area contributed by atoms with Crippen LogP contribution in [0.4, 0.5) is 0 Å². The van der Waals surface area contributed by atoms with Crippen molar-refractivity contribution in [2.24, 2.45) is 0 Å². The van der Waals surface area contributed by atoms with Crippen molar-refractivity contribution in [1.29, 1.82) is 0 Å². The van der Waals surface area contributed by atoms with Gasteiger partial charge in [0.1, 0.15) is 0 Å². The molecule has 1 aliphatic carbocycles. The molecule has 0 bridgehead atoms. The number of nitrogens with one attached hydrogen (secondary N) is 2. The molecule has 0 aromatic rings. The highest BCUT2D eigenvalue weighted by atomic mass is 15.2. The van der Waals surface area contributed by atoms with Gasteiger partial charge in [-0.05, 0) is 19.3 Å². The number of piperazine rings is 1. The van der Waals surface area contributed by atoms with Crippen molar-refractivity contribution < 1.29 is 0 Å². The number of hydrogen-bond donors (Lipinski definition) is 2. The maximum Gasteiger partial charge on any atom is 0.0308 e. The molecule has 2 N–H and O–H groups in total. The summed E-state index contributed by atoms with van der Waals surface area (Å²) >= 11 is 0. The van der Waals surface area contributed by atoms with Gasteiger partial charge in [0.25, 0.3) is 0 Å². The van der Waals surface area contributed by atoms with Gasteiger partial charge in [-0.3, -0.25) is 0 Å². The Hall–Kier alpha value is -0.0800. The summed E-state index contributed by atoms with van der Waals surface area (Å²) in [5.74, 6) is 0. The van der Waals surface area contributed by atoms with Gasteiger partial charge < -0.3 is 10.6 Å². The zero-order valence-corrected chi connectivity index (χ0v) is 7.32. The number of hydrogen-bond acceptors (Lipinski definition) is 2. The van der Waals surface area contributed by atoms with E-state index in [-0.39, 0.29) is 0 Å². The van der Waals surface area contributed by atoms with Crippen molar-refractivity contribution in [2.45, 2.75) is 44.2 Å². The highest BCUT2D eigenvalue weighted by Crippen LogP contribution is 2.36. The first-order valence-electron chi connectivity index (χ1n) is 4.83. The van der Waals surface area contributed by atoms with Crippen molar-refractivity contribution in [3.8, 4) is 0 Å². The molecule has 1 spiro atoms. The van der Waals surface area contributed by atoms with Crippen LogP contribution in [0.3, 0.4) is 0 Å². The molecule has 0 aromatic heterocycles. The molecule has 11 heavy (non-hydrogen) atoms. The van der Waals surface area contributed by atoms with Gasteiger partial charge in [0.2, 0.25) is 0 Å². The molecule has 1 saturated heterocycles. The molecule has 64 valence electrons. The molecule has 1 atom stereocenters. The van der Waals surface area contributed by atoms with Crippen LogP contribution in [0.1, 0.15) is 32.6 Å². The Morgan fingerprint density at radius 3 is 2.73 bits per heavy atom. The molecule has 2 nitrogen and oxygen atoms in total. The Bertz CT molecular complexity index is 130. The van der Waals surface area contributed by atoms with Gasteiger partial charge in [-0.15, -0.1) is 0 Å². The van der Waals surface area contributed by atoms with E-state index < -0.39 is 0 Å². The molecule has 1 heterocycles. The molecule has 2 rings (SSSR count). The molecule has 0 radical (unpaired) electrons. The summed E-state index contributed by atoms with van der Waals surface area (Å²) in [5, 5.41) is 7.25. The Kier molecular flexibility index (Phi) is 1.90. The highest BCUT2D eigenvalue weighted by Gasteiger charge is 2.44. The molecular weight excluding hydrogens is 136 g/mol. The molecular formula is C9H18N2. The molecule has 1 saturated carbocycles. The van der Waals surface area contributed by atoms with Crippen LogP contribution in [-0.4, -0.2) is 24.7 Å². The Balaban J connectivity index is 1.75. The molecule has 2 heteroatoms. The lowest BCUT2D eigenvalue weighted by molar-refractivity contribution is 0.319. The SMILES string of the molecule is CCCC1CNC2(CC2)CN1. The first-order chi connectivity index (χ1) is 5.35. The zero-order chi connectivity index (χ0) is 7.73. The predicted molar refractivity (Wildman–Crippen MR) is 46.7 cm³/mol. The summed E-state index contributed by atoms with van der Waals surface area (Å²) < 4.78 is 0. The lowest BCUT2D eigenvalue weighted by Crippen LogP contribution is -2.55. The Morgan fingerprint density at radius 1 is 1.45 bits per heavy atom. The Labute approximate surface area is 68.7 Å². The molecule has 2 fully saturated rings. The van der Waals surface area contributed by atoms with Gasteiger partial charge in [0, 0.05) is 24.7 Å². The van der Waals surface area contributed by atoms with E-state index in [0.29, 0.717) is 5.54 Å². The summed E-state index contributed by atoms with van der Waals surface area (Å²) in [4.78, 5) is 0. The second-order valence-corrected chi connectivity index (χ2v) is 4.03. The third kappa shape index (κ3) is 1.57. The zero-order valence-electron chi connectivity index (χ0n) is 7.32. The summed E-state index contributed by atoms with van der Waals surface area (Å²) in [6.45, 7) is 4.65. The maximum absolute atomic E-state index is 3.64. The molecule has 2 aliphatic rings. The van der Waals surface area contributed by atoms with Crippen molar-refractivity contribution in [1.82, 2.24) is 10.6 Å². The van der Waals surface area contributed by atoms with Gasteiger partial charge in [-0.2, -0.15) is 0 Å². The quantitative estimate of drug-likeness (QED) is 0.617. The monoisotopic (exact) mass is 154 g/mol.